The van der Waals surface area contributed by atoms with Crippen molar-refractivity contribution in [3.05, 3.63) is 11.6 Å². The molecule has 6 heteroatoms. The van der Waals surface area contributed by atoms with Gasteiger partial charge in [-0.25, -0.2) is 4.99 Å². The molecule has 0 aliphatic carbocycles. The normalized spacial score (nSPS) is 22.5. The van der Waals surface area contributed by atoms with Gasteiger partial charge in [-0.3, -0.25) is 0 Å². The van der Waals surface area contributed by atoms with Gasteiger partial charge in [0.05, 0.1) is 0 Å². The van der Waals surface area contributed by atoms with Gasteiger partial charge in [0, 0.05) is 26.7 Å². The molecule has 6 nitrogen and oxygen atoms in total. The van der Waals surface area contributed by atoms with Gasteiger partial charge in [0.15, 0.2) is 11.8 Å². The predicted octanol–water partition coefficient (Wildman–Crippen LogP) is 2.35. The first kappa shape index (κ1) is 17.8. The lowest BCUT2D eigenvalue weighted by Gasteiger charge is -2.37. The van der Waals surface area contributed by atoms with Gasteiger partial charge < -0.3 is 14.8 Å². The molecular weight excluding hydrogens is 288 g/mol. The molecule has 0 aromatic carbocycles. The summed E-state index contributed by atoms with van der Waals surface area (Å²) in [6.45, 7) is 12.6. The third kappa shape index (κ3) is 4.94. The van der Waals surface area contributed by atoms with Crippen LogP contribution in [0.25, 0.3) is 0 Å². The highest BCUT2D eigenvalue weighted by molar-refractivity contribution is 5.80. The van der Waals surface area contributed by atoms with E-state index >= 15 is 0 Å². The summed E-state index contributed by atoms with van der Waals surface area (Å²) in [5, 5.41) is 11.9. The van der Waals surface area contributed by atoms with E-state index in [4.69, 9.17) is 4.99 Å². The van der Waals surface area contributed by atoms with Crippen LogP contribution in [0.3, 0.4) is 0 Å². The van der Waals surface area contributed by atoms with Gasteiger partial charge in [0.2, 0.25) is 0 Å². The maximum absolute atomic E-state index is 4.84. The second kappa shape index (κ2) is 8.31. The zero-order chi connectivity index (χ0) is 16.8. The minimum Gasteiger partial charge on any atom is -0.356 e. The standard InChI is InChI=1S/C17H32N6/c1-6-7-8-18-17(23-11-13(2)9-14(3)12-23)19-10-16-21-20-15(4)22(16)5/h13-14H,6-12H2,1-5H3,(H,18,19). The maximum atomic E-state index is 4.84. The molecule has 2 unspecified atom stereocenters. The van der Waals surface area contributed by atoms with Crippen LogP contribution in [-0.2, 0) is 13.6 Å². The van der Waals surface area contributed by atoms with E-state index in [2.05, 4.69) is 41.2 Å². The Morgan fingerprint density at radius 3 is 2.52 bits per heavy atom. The molecule has 23 heavy (non-hydrogen) atoms. The molecule has 1 aromatic rings. The minimum absolute atomic E-state index is 0.574. The Balaban J connectivity index is 2.09. The third-order valence-corrected chi connectivity index (χ3v) is 4.53. The van der Waals surface area contributed by atoms with Crippen molar-refractivity contribution in [2.75, 3.05) is 19.6 Å². The Morgan fingerprint density at radius 2 is 1.96 bits per heavy atom. The molecule has 0 spiro atoms. The number of rotatable bonds is 5. The van der Waals surface area contributed by atoms with Crippen LogP contribution in [-0.4, -0.2) is 45.3 Å². The summed E-state index contributed by atoms with van der Waals surface area (Å²) >= 11 is 0. The zero-order valence-corrected chi connectivity index (χ0v) is 15.3. The minimum atomic E-state index is 0.574. The maximum Gasteiger partial charge on any atom is 0.194 e. The molecule has 2 heterocycles. The average molecular weight is 320 g/mol. The van der Waals surface area contributed by atoms with Crippen LogP contribution in [0.1, 0.15) is 51.7 Å². The summed E-state index contributed by atoms with van der Waals surface area (Å²) in [6, 6.07) is 0. The van der Waals surface area contributed by atoms with Crippen LogP contribution in [0.15, 0.2) is 4.99 Å². The molecular formula is C17H32N6. The van der Waals surface area contributed by atoms with E-state index in [0.29, 0.717) is 18.4 Å². The second-order valence-electron chi connectivity index (χ2n) is 6.99. The third-order valence-electron chi connectivity index (χ3n) is 4.53. The summed E-state index contributed by atoms with van der Waals surface area (Å²) in [5.41, 5.74) is 0. The first-order chi connectivity index (χ1) is 11.0. The van der Waals surface area contributed by atoms with Crippen LogP contribution in [0.2, 0.25) is 0 Å². The smallest absolute Gasteiger partial charge is 0.194 e. The number of hydrogen-bond donors (Lipinski definition) is 1. The molecule has 1 aromatic heterocycles. The van der Waals surface area contributed by atoms with Crippen LogP contribution in [0.5, 0.6) is 0 Å². The predicted molar refractivity (Wildman–Crippen MR) is 94.3 cm³/mol. The summed E-state index contributed by atoms with van der Waals surface area (Å²) in [7, 11) is 2.00. The number of unbranched alkanes of at least 4 members (excludes halogenated alkanes) is 1. The van der Waals surface area contributed by atoms with Crippen molar-refractivity contribution in [1.82, 2.24) is 25.0 Å². The fraction of sp³-hybridized carbons (Fsp3) is 0.824. The molecule has 1 N–H and O–H groups in total. The number of guanidine groups is 1. The van der Waals surface area contributed by atoms with Crippen LogP contribution < -0.4 is 5.32 Å². The fourth-order valence-corrected chi connectivity index (χ4v) is 3.21. The van der Waals surface area contributed by atoms with E-state index in [1.54, 1.807) is 0 Å². The molecule has 2 rings (SSSR count). The van der Waals surface area contributed by atoms with Crippen molar-refractivity contribution >= 4 is 5.96 Å². The van der Waals surface area contributed by atoms with Crippen molar-refractivity contribution in [3.8, 4) is 0 Å². The molecule has 130 valence electrons. The molecule has 2 atom stereocenters. The molecule has 0 saturated carbocycles. The largest absolute Gasteiger partial charge is 0.356 e. The van der Waals surface area contributed by atoms with Crippen LogP contribution in [0, 0.1) is 18.8 Å². The highest BCUT2D eigenvalue weighted by Gasteiger charge is 2.24. The van der Waals surface area contributed by atoms with Gasteiger partial charge in [-0.05, 0) is 31.6 Å². The molecule has 0 radical (unpaired) electrons. The van der Waals surface area contributed by atoms with E-state index in [-0.39, 0.29) is 0 Å². The lowest BCUT2D eigenvalue weighted by atomic mass is 9.92. The van der Waals surface area contributed by atoms with Crippen LogP contribution >= 0.6 is 0 Å². The van der Waals surface area contributed by atoms with Gasteiger partial charge in [-0.15, -0.1) is 10.2 Å². The van der Waals surface area contributed by atoms with E-state index < -0.39 is 0 Å². The molecule has 1 aliphatic rings. The topological polar surface area (TPSA) is 58.3 Å². The number of aryl methyl sites for hydroxylation is 1. The van der Waals surface area contributed by atoms with Gasteiger partial charge in [0.1, 0.15) is 12.4 Å². The summed E-state index contributed by atoms with van der Waals surface area (Å²) < 4.78 is 2.01. The molecule has 0 amide bonds. The average Bonchev–Trinajstić information content (AvgIpc) is 2.81. The zero-order valence-electron chi connectivity index (χ0n) is 15.3. The Bertz CT molecular complexity index is 511. The molecule has 1 saturated heterocycles. The fourth-order valence-electron chi connectivity index (χ4n) is 3.21. The highest BCUT2D eigenvalue weighted by atomic mass is 15.3. The highest BCUT2D eigenvalue weighted by Crippen LogP contribution is 2.21. The Kier molecular flexibility index (Phi) is 6.42. The quantitative estimate of drug-likeness (QED) is 0.514. The molecule has 1 fully saturated rings. The monoisotopic (exact) mass is 320 g/mol. The number of nitrogens with one attached hydrogen (secondary N) is 1. The van der Waals surface area contributed by atoms with E-state index in [1.807, 2.05) is 18.5 Å². The van der Waals surface area contributed by atoms with E-state index in [0.717, 1.165) is 37.2 Å². The van der Waals surface area contributed by atoms with E-state index in [1.165, 1.54) is 19.3 Å². The van der Waals surface area contributed by atoms with Crippen molar-refractivity contribution < 1.29 is 0 Å². The number of hydrogen-bond acceptors (Lipinski definition) is 3. The lowest BCUT2D eigenvalue weighted by molar-refractivity contribution is 0.208. The van der Waals surface area contributed by atoms with Crippen molar-refractivity contribution in [2.24, 2.45) is 23.9 Å². The van der Waals surface area contributed by atoms with Crippen LogP contribution in [0.4, 0.5) is 0 Å². The van der Waals surface area contributed by atoms with Crippen molar-refractivity contribution in [1.29, 1.82) is 0 Å². The van der Waals surface area contributed by atoms with Crippen molar-refractivity contribution in [2.45, 2.75) is 53.5 Å². The summed E-state index contributed by atoms with van der Waals surface area (Å²) in [5.74, 6) is 4.30. The molecule has 1 aliphatic heterocycles. The number of aromatic nitrogens is 3. The molecule has 0 bridgehead atoms. The first-order valence-corrected chi connectivity index (χ1v) is 8.89. The summed E-state index contributed by atoms with van der Waals surface area (Å²) in [4.78, 5) is 7.26. The van der Waals surface area contributed by atoms with E-state index in [9.17, 15) is 0 Å². The number of piperidine rings is 1. The summed E-state index contributed by atoms with van der Waals surface area (Å²) in [6.07, 6.45) is 3.66. The van der Waals surface area contributed by atoms with Gasteiger partial charge >= 0.3 is 0 Å². The van der Waals surface area contributed by atoms with Gasteiger partial charge in [-0.2, -0.15) is 0 Å². The van der Waals surface area contributed by atoms with Gasteiger partial charge in [-0.1, -0.05) is 27.2 Å². The second-order valence-corrected chi connectivity index (χ2v) is 6.99. The Labute approximate surface area is 140 Å². The SMILES string of the molecule is CCCCNC(=NCc1nnc(C)n1C)N1CC(C)CC(C)C1. The number of aliphatic imine (C=N–C) groups is 1. The Morgan fingerprint density at radius 1 is 1.26 bits per heavy atom. The van der Waals surface area contributed by atoms with Gasteiger partial charge in [0.25, 0.3) is 0 Å². The van der Waals surface area contributed by atoms with Crippen molar-refractivity contribution in [3.63, 3.8) is 0 Å². The Hall–Kier alpha value is -1.59. The lowest BCUT2D eigenvalue weighted by Crippen LogP contribution is -2.48. The number of nitrogens with zero attached hydrogens (tertiary/aromatic N) is 5. The number of likely N-dealkylation sites (tertiary alicyclic amines) is 1. The first-order valence-electron chi connectivity index (χ1n) is 8.89.